The molecule has 3 aromatic carbocycles. The van der Waals surface area contributed by atoms with Gasteiger partial charge in [0, 0.05) is 19.5 Å². The molecule has 0 unspecified atom stereocenters. The molecule has 1 N–H and O–H groups in total. The van der Waals surface area contributed by atoms with Crippen LogP contribution in [0, 0.1) is 12.7 Å². The van der Waals surface area contributed by atoms with Crippen LogP contribution in [0.3, 0.4) is 0 Å². The van der Waals surface area contributed by atoms with E-state index >= 15 is 0 Å². The Morgan fingerprint density at radius 1 is 0.968 bits per heavy atom. The summed E-state index contributed by atoms with van der Waals surface area (Å²) in [6.45, 7) is 2.26. The number of imidazole rings is 1. The molecule has 1 aromatic heterocycles. The molecule has 0 aliphatic carbocycles. The van der Waals surface area contributed by atoms with E-state index in [2.05, 4.69) is 21.4 Å². The summed E-state index contributed by atoms with van der Waals surface area (Å²) in [5.74, 6) is 0.334. The summed E-state index contributed by atoms with van der Waals surface area (Å²) in [4.78, 5) is 4.73. The molecule has 0 aliphatic heterocycles. The topological polar surface area (TPSA) is 64.0 Å². The lowest BCUT2D eigenvalue weighted by Crippen LogP contribution is -2.28. The predicted molar refractivity (Wildman–Crippen MR) is 120 cm³/mol. The van der Waals surface area contributed by atoms with E-state index in [1.54, 1.807) is 6.92 Å². The fourth-order valence-corrected chi connectivity index (χ4v) is 4.97. The van der Waals surface area contributed by atoms with E-state index in [-0.39, 0.29) is 11.4 Å². The number of aryl methyl sites for hydroxylation is 3. The van der Waals surface area contributed by atoms with Crippen LogP contribution in [0.25, 0.3) is 11.0 Å². The molecule has 0 fully saturated rings. The van der Waals surface area contributed by atoms with Gasteiger partial charge in [0.15, 0.2) is 0 Å². The van der Waals surface area contributed by atoms with Gasteiger partial charge in [0.2, 0.25) is 10.0 Å². The molecule has 160 valence electrons. The molecule has 0 saturated carbocycles. The highest BCUT2D eigenvalue weighted by molar-refractivity contribution is 7.89. The number of nitrogens with one attached hydrogen (secondary N) is 1. The Morgan fingerprint density at radius 3 is 2.52 bits per heavy atom. The number of aromatic nitrogens is 2. The minimum Gasteiger partial charge on any atom is -0.327 e. The summed E-state index contributed by atoms with van der Waals surface area (Å²) >= 11 is 0. The van der Waals surface area contributed by atoms with Crippen LogP contribution in [0.4, 0.5) is 4.39 Å². The van der Waals surface area contributed by atoms with Gasteiger partial charge in [-0.25, -0.2) is 22.5 Å². The molecule has 5 nitrogen and oxygen atoms in total. The number of sulfonamides is 1. The van der Waals surface area contributed by atoms with Crippen molar-refractivity contribution in [3.8, 4) is 0 Å². The minimum absolute atomic E-state index is 0.0349. The zero-order valence-corrected chi connectivity index (χ0v) is 18.1. The van der Waals surface area contributed by atoms with Crippen LogP contribution in [-0.2, 0) is 29.4 Å². The molecule has 0 spiro atoms. The molecular formula is C24H24FN3O2S. The van der Waals surface area contributed by atoms with Gasteiger partial charge in [0.05, 0.1) is 15.9 Å². The van der Waals surface area contributed by atoms with Gasteiger partial charge in [-0.2, -0.15) is 0 Å². The SMILES string of the molecule is Cc1ccc(F)cc1S(=O)(=O)NCCn1c(CCc2ccccc2)nc2ccccc21. The molecule has 0 saturated heterocycles. The molecule has 31 heavy (non-hydrogen) atoms. The maximum atomic E-state index is 13.6. The Morgan fingerprint density at radius 2 is 1.71 bits per heavy atom. The van der Waals surface area contributed by atoms with Crippen LogP contribution in [0.5, 0.6) is 0 Å². The molecule has 0 amide bonds. The van der Waals surface area contributed by atoms with E-state index in [4.69, 9.17) is 4.98 Å². The lowest BCUT2D eigenvalue weighted by atomic mass is 10.1. The molecular weight excluding hydrogens is 413 g/mol. The molecule has 0 atom stereocenters. The second kappa shape index (κ2) is 8.99. The van der Waals surface area contributed by atoms with Gasteiger partial charge < -0.3 is 4.57 Å². The minimum atomic E-state index is -3.81. The second-order valence-corrected chi connectivity index (χ2v) is 9.20. The number of para-hydroxylation sites is 2. The summed E-state index contributed by atoms with van der Waals surface area (Å²) in [5.41, 5.74) is 3.58. The van der Waals surface area contributed by atoms with Crippen molar-refractivity contribution in [2.75, 3.05) is 6.54 Å². The Bertz CT molecular complexity index is 1300. The number of hydrogen-bond acceptors (Lipinski definition) is 3. The highest BCUT2D eigenvalue weighted by Crippen LogP contribution is 2.19. The number of benzene rings is 3. The number of hydrogen-bond donors (Lipinski definition) is 1. The number of fused-ring (bicyclic) bond motifs is 1. The van der Waals surface area contributed by atoms with Crippen LogP contribution in [-0.4, -0.2) is 24.5 Å². The van der Waals surface area contributed by atoms with Gasteiger partial charge in [-0.15, -0.1) is 0 Å². The normalized spacial score (nSPS) is 11.8. The van der Waals surface area contributed by atoms with Gasteiger partial charge in [-0.1, -0.05) is 48.5 Å². The fourth-order valence-electron chi connectivity index (χ4n) is 3.70. The Hall–Kier alpha value is -3.03. The van der Waals surface area contributed by atoms with E-state index in [1.807, 2.05) is 42.5 Å². The van der Waals surface area contributed by atoms with Crippen LogP contribution in [0.2, 0.25) is 0 Å². The van der Waals surface area contributed by atoms with Crippen LogP contribution in [0.1, 0.15) is 17.0 Å². The third kappa shape index (κ3) is 4.84. The maximum Gasteiger partial charge on any atom is 0.240 e. The standard InChI is InChI=1S/C24H24FN3O2S/c1-18-11-13-20(25)17-23(18)31(29,30)26-15-16-28-22-10-6-5-9-21(22)27-24(28)14-12-19-7-3-2-4-8-19/h2-11,13,17,26H,12,14-16H2,1H3. The first kappa shape index (κ1) is 21.2. The van der Waals surface area contributed by atoms with Crippen molar-refractivity contribution in [2.45, 2.75) is 31.2 Å². The van der Waals surface area contributed by atoms with E-state index in [0.29, 0.717) is 12.1 Å². The average Bonchev–Trinajstić information content (AvgIpc) is 3.12. The zero-order valence-electron chi connectivity index (χ0n) is 17.3. The third-order valence-corrected chi connectivity index (χ3v) is 6.88. The maximum absolute atomic E-state index is 13.6. The Kier molecular flexibility index (Phi) is 6.15. The van der Waals surface area contributed by atoms with Crippen molar-refractivity contribution in [1.82, 2.24) is 14.3 Å². The molecule has 4 rings (SSSR count). The summed E-state index contributed by atoms with van der Waals surface area (Å²) < 4.78 is 43.6. The van der Waals surface area contributed by atoms with E-state index < -0.39 is 15.8 Å². The molecule has 0 radical (unpaired) electrons. The van der Waals surface area contributed by atoms with Gasteiger partial charge in [0.25, 0.3) is 0 Å². The average molecular weight is 438 g/mol. The largest absolute Gasteiger partial charge is 0.327 e. The highest BCUT2D eigenvalue weighted by Gasteiger charge is 2.18. The van der Waals surface area contributed by atoms with Crippen molar-refractivity contribution in [1.29, 1.82) is 0 Å². The lowest BCUT2D eigenvalue weighted by Gasteiger charge is -2.12. The summed E-state index contributed by atoms with van der Waals surface area (Å²) in [7, 11) is -3.81. The van der Waals surface area contributed by atoms with Crippen molar-refractivity contribution < 1.29 is 12.8 Å². The first-order valence-corrected chi connectivity index (χ1v) is 11.7. The van der Waals surface area contributed by atoms with Gasteiger partial charge >= 0.3 is 0 Å². The predicted octanol–water partition coefficient (Wildman–Crippen LogP) is 4.25. The fraction of sp³-hybridized carbons (Fsp3) is 0.208. The van der Waals surface area contributed by atoms with Crippen molar-refractivity contribution in [2.24, 2.45) is 0 Å². The molecule has 1 heterocycles. The Balaban J connectivity index is 1.53. The molecule has 4 aromatic rings. The highest BCUT2D eigenvalue weighted by atomic mass is 32.2. The summed E-state index contributed by atoms with van der Waals surface area (Å²) in [5, 5.41) is 0. The smallest absolute Gasteiger partial charge is 0.240 e. The first-order valence-electron chi connectivity index (χ1n) is 10.2. The second-order valence-electron chi connectivity index (χ2n) is 7.46. The van der Waals surface area contributed by atoms with E-state index in [0.717, 1.165) is 35.8 Å². The summed E-state index contributed by atoms with van der Waals surface area (Å²) in [6, 6.07) is 21.8. The molecule has 7 heteroatoms. The monoisotopic (exact) mass is 437 g/mol. The van der Waals surface area contributed by atoms with Crippen molar-refractivity contribution >= 4 is 21.1 Å². The molecule has 0 bridgehead atoms. The van der Waals surface area contributed by atoms with Crippen LogP contribution in [0.15, 0.2) is 77.7 Å². The van der Waals surface area contributed by atoms with Crippen molar-refractivity contribution in [3.63, 3.8) is 0 Å². The first-order chi connectivity index (χ1) is 14.9. The van der Waals surface area contributed by atoms with Crippen LogP contribution < -0.4 is 4.72 Å². The van der Waals surface area contributed by atoms with Crippen molar-refractivity contribution in [3.05, 3.63) is 95.6 Å². The van der Waals surface area contributed by atoms with Crippen LogP contribution >= 0.6 is 0 Å². The van der Waals surface area contributed by atoms with Gasteiger partial charge in [0.1, 0.15) is 11.6 Å². The number of nitrogens with zero attached hydrogens (tertiary/aromatic N) is 2. The quantitative estimate of drug-likeness (QED) is 0.448. The summed E-state index contributed by atoms with van der Waals surface area (Å²) in [6.07, 6.45) is 1.59. The third-order valence-electron chi connectivity index (χ3n) is 5.28. The van der Waals surface area contributed by atoms with E-state index in [9.17, 15) is 12.8 Å². The number of halogens is 1. The zero-order chi connectivity index (χ0) is 21.8. The molecule has 0 aliphatic rings. The van der Waals surface area contributed by atoms with Gasteiger partial charge in [-0.3, -0.25) is 0 Å². The lowest BCUT2D eigenvalue weighted by molar-refractivity contribution is 0.567. The number of rotatable bonds is 8. The Labute approximate surface area is 181 Å². The van der Waals surface area contributed by atoms with E-state index in [1.165, 1.54) is 17.7 Å². The van der Waals surface area contributed by atoms with Gasteiger partial charge in [-0.05, 0) is 48.7 Å².